The minimum atomic E-state index is 1.16. The van der Waals surface area contributed by atoms with Crippen LogP contribution in [0.25, 0.3) is 60.8 Å². The van der Waals surface area contributed by atoms with Gasteiger partial charge in [-0.05, 0) is 47.5 Å². The lowest BCUT2D eigenvalue weighted by Crippen LogP contribution is -1.97. The Bertz CT molecular complexity index is 1710. The first-order chi connectivity index (χ1) is 16.9. The number of benzene rings is 5. The molecular formula is C32H22N2. The minimum Gasteiger partial charge on any atom is -0.355 e. The number of para-hydroxylation sites is 3. The third kappa shape index (κ3) is 2.82. The number of aromatic amines is 1. The molecule has 0 atom stereocenters. The quantitative estimate of drug-likeness (QED) is 0.287. The molecule has 2 aromatic heterocycles. The van der Waals surface area contributed by atoms with Crippen molar-refractivity contribution in [1.82, 2.24) is 9.55 Å². The van der Waals surface area contributed by atoms with Gasteiger partial charge in [-0.3, -0.25) is 0 Å². The van der Waals surface area contributed by atoms with E-state index in [9.17, 15) is 0 Å². The van der Waals surface area contributed by atoms with E-state index in [0.29, 0.717) is 0 Å². The van der Waals surface area contributed by atoms with Gasteiger partial charge in [-0.2, -0.15) is 0 Å². The number of H-pyrrole nitrogens is 1. The lowest BCUT2D eigenvalue weighted by atomic mass is 9.97. The predicted octanol–water partition coefficient (Wildman–Crippen LogP) is 8.60. The molecule has 0 saturated heterocycles. The van der Waals surface area contributed by atoms with Gasteiger partial charge >= 0.3 is 0 Å². The Morgan fingerprint density at radius 1 is 0.471 bits per heavy atom. The summed E-state index contributed by atoms with van der Waals surface area (Å²) in [6, 6.07) is 45.5. The molecule has 1 N–H and O–H groups in total. The average Bonchev–Trinajstić information content (AvgIpc) is 3.45. The van der Waals surface area contributed by atoms with Crippen molar-refractivity contribution in [3.05, 3.63) is 127 Å². The normalized spacial score (nSPS) is 11.5. The molecule has 0 aliphatic carbocycles. The number of nitrogens with zero attached hydrogens (tertiary/aromatic N) is 1. The Balaban J connectivity index is 1.64. The number of hydrogen-bond acceptors (Lipinski definition) is 0. The van der Waals surface area contributed by atoms with E-state index < -0.39 is 0 Å². The van der Waals surface area contributed by atoms with Crippen LogP contribution in [0.2, 0.25) is 0 Å². The molecule has 0 unspecified atom stereocenters. The fourth-order valence-electron chi connectivity index (χ4n) is 5.25. The first-order valence-corrected chi connectivity index (χ1v) is 11.6. The van der Waals surface area contributed by atoms with E-state index in [0.717, 1.165) is 11.2 Å². The van der Waals surface area contributed by atoms with Gasteiger partial charge < -0.3 is 9.55 Å². The lowest BCUT2D eigenvalue weighted by Gasteiger charge is -2.14. The largest absolute Gasteiger partial charge is 0.355 e. The highest BCUT2D eigenvalue weighted by molar-refractivity contribution is 6.11. The summed E-state index contributed by atoms with van der Waals surface area (Å²) in [6.07, 6.45) is 0. The predicted molar refractivity (Wildman–Crippen MR) is 144 cm³/mol. The van der Waals surface area contributed by atoms with Gasteiger partial charge in [-0.1, -0.05) is 91.0 Å². The van der Waals surface area contributed by atoms with Crippen LogP contribution < -0.4 is 0 Å². The summed E-state index contributed by atoms with van der Waals surface area (Å²) in [5.74, 6) is 0. The van der Waals surface area contributed by atoms with Crippen LogP contribution in [0.1, 0.15) is 0 Å². The maximum atomic E-state index is 3.57. The zero-order chi connectivity index (χ0) is 22.5. The topological polar surface area (TPSA) is 20.7 Å². The molecule has 7 aromatic rings. The van der Waals surface area contributed by atoms with E-state index in [1.165, 1.54) is 49.6 Å². The smallest absolute Gasteiger partial charge is 0.0619 e. The molecule has 0 radical (unpaired) electrons. The highest BCUT2D eigenvalue weighted by Crippen LogP contribution is 2.43. The van der Waals surface area contributed by atoms with Crippen LogP contribution in [0.4, 0.5) is 0 Å². The SMILES string of the molecule is c1ccc(-c2c(-c3ccc4[nH]c5ccccc5c4c3)n(-c3ccccc3)c3ccccc23)cc1. The van der Waals surface area contributed by atoms with Crippen LogP contribution in [0.3, 0.4) is 0 Å². The van der Waals surface area contributed by atoms with Crippen molar-refractivity contribution in [2.45, 2.75) is 0 Å². The number of rotatable bonds is 3. The molecule has 34 heavy (non-hydrogen) atoms. The standard InChI is InChI=1S/C32H22N2/c1-3-11-22(12-4-1)31-26-16-8-10-18-30(26)34(24-13-5-2-6-14-24)32(31)23-19-20-29-27(21-23)25-15-7-9-17-28(25)33-29/h1-21,33H. The van der Waals surface area contributed by atoms with Crippen LogP contribution in [0.15, 0.2) is 127 Å². The average molecular weight is 435 g/mol. The fraction of sp³-hybridized carbons (Fsp3) is 0. The third-order valence-electron chi connectivity index (χ3n) is 6.73. The molecule has 0 fully saturated rings. The van der Waals surface area contributed by atoms with Crippen LogP contribution in [0.5, 0.6) is 0 Å². The number of hydrogen-bond donors (Lipinski definition) is 1. The number of nitrogens with one attached hydrogen (secondary N) is 1. The van der Waals surface area contributed by atoms with E-state index >= 15 is 0 Å². The minimum absolute atomic E-state index is 1.16. The molecule has 0 spiro atoms. The van der Waals surface area contributed by atoms with Gasteiger partial charge in [0.2, 0.25) is 0 Å². The van der Waals surface area contributed by atoms with Crippen molar-refractivity contribution in [1.29, 1.82) is 0 Å². The van der Waals surface area contributed by atoms with Crippen molar-refractivity contribution in [2.75, 3.05) is 0 Å². The fourth-order valence-corrected chi connectivity index (χ4v) is 5.25. The zero-order valence-corrected chi connectivity index (χ0v) is 18.6. The summed E-state index contributed by atoms with van der Waals surface area (Å²) in [5.41, 5.74) is 9.61. The molecule has 0 aliphatic rings. The van der Waals surface area contributed by atoms with Crippen molar-refractivity contribution in [3.8, 4) is 28.1 Å². The van der Waals surface area contributed by atoms with E-state index in [4.69, 9.17) is 0 Å². The second-order valence-corrected chi connectivity index (χ2v) is 8.71. The Kier molecular flexibility index (Phi) is 4.18. The maximum Gasteiger partial charge on any atom is 0.0619 e. The van der Waals surface area contributed by atoms with Gasteiger partial charge in [0.25, 0.3) is 0 Å². The molecule has 5 aromatic carbocycles. The molecule has 160 valence electrons. The number of aromatic nitrogens is 2. The molecule has 2 heteroatoms. The number of fused-ring (bicyclic) bond motifs is 4. The summed E-state index contributed by atoms with van der Waals surface area (Å²) in [4.78, 5) is 3.57. The van der Waals surface area contributed by atoms with Crippen molar-refractivity contribution >= 4 is 32.7 Å². The summed E-state index contributed by atoms with van der Waals surface area (Å²) in [5, 5.41) is 3.76. The second kappa shape index (κ2) is 7.50. The molecule has 2 heterocycles. The van der Waals surface area contributed by atoms with E-state index in [2.05, 4.69) is 137 Å². The first-order valence-electron chi connectivity index (χ1n) is 11.6. The van der Waals surface area contributed by atoms with Crippen LogP contribution in [0, 0.1) is 0 Å². The molecule has 0 saturated carbocycles. The van der Waals surface area contributed by atoms with Crippen molar-refractivity contribution < 1.29 is 0 Å². The summed E-state index contributed by atoms with van der Waals surface area (Å²) >= 11 is 0. The molecule has 2 nitrogen and oxygen atoms in total. The van der Waals surface area contributed by atoms with Crippen molar-refractivity contribution in [2.24, 2.45) is 0 Å². The second-order valence-electron chi connectivity index (χ2n) is 8.71. The summed E-state index contributed by atoms with van der Waals surface area (Å²) in [7, 11) is 0. The highest BCUT2D eigenvalue weighted by Gasteiger charge is 2.21. The molecular weight excluding hydrogens is 412 g/mol. The molecule has 0 bridgehead atoms. The maximum absolute atomic E-state index is 3.57. The monoisotopic (exact) mass is 434 g/mol. The first kappa shape index (κ1) is 19.0. The Morgan fingerprint density at radius 2 is 1.12 bits per heavy atom. The third-order valence-corrected chi connectivity index (χ3v) is 6.73. The van der Waals surface area contributed by atoms with Gasteiger partial charge in [-0.25, -0.2) is 0 Å². The van der Waals surface area contributed by atoms with E-state index in [1.807, 2.05) is 0 Å². The highest BCUT2D eigenvalue weighted by atomic mass is 15.0. The van der Waals surface area contributed by atoms with E-state index in [-0.39, 0.29) is 0 Å². The Labute approximate surface area is 197 Å². The van der Waals surface area contributed by atoms with Gasteiger partial charge in [0.15, 0.2) is 0 Å². The zero-order valence-electron chi connectivity index (χ0n) is 18.6. The van der Waals surface area contributed by atoms with Gasteiger partial charge in [-0.15, -0.1) is 0 Å². The van der Waals surface area contributed by atoms with Gasteiger partial charge in [0.05, 0.1) is 11.2 Å². The van der Waals surface area contributed by atoms with Crippen LogP contribution >= 0.6 is 0 Å². The van der Waals surface area contributed by atoms with Crippen LogP contribution in [-0.2, 0) is 0 Å². The Morgan fingerprint density at radius 3 is 1.94 bits per heavy atom. The van der Waals surface area contributed by atoms with Crippen molar-refractivity contribution in [3.63, 3.8) is 0 Å². The molecule has 7 rings (SSSR count). The van der Waals surface area contributed by atoms with E-state index in [1.54, 1.807) is 0 Å². The van der Waals surface area contributed by atoms with Gasteiger partial charge in [0.1, 0.15) is 0 Å². The summed E-state index contributed by atoms with van der Waals surface area (Å²) in [6.45, 7) is 0. The van der Waals surface area contributed by atoms with Crippen LogP contribution in [-0.4, -0.2) is 9.55 Å². The van der Waals surface area contributed by atoms with Gasteiger partial charge in [0, 0.05) is 38.4 Å². The summed E-state index contributed by atoms with van der Waals surface area (Å²) < 4.78 is 2.41. The lowest BCUT2D eigenvalue weighted by molar-refractivity contribution is 1.14. The Hall–Kier alpha value is -4.56. The molecule has 0 amide bonds. The molecule has 0 aliphatic heterocycles.